The van der Waals surface area contributed by atoms with Crippen LogP contribution in [0.3, 0.4) is 0 Å². The first-order chi connectivity index (χ1) is 8.88. The minimum Gasteiger partial charge on any atom is -0.319 e. The van der Waals surface area contributed by atoms with Crippen molar-refractivity contribution in [3.05, 3.63) is 39.8 Å². The van der Waals surface area contributed by atoms with Gasteiger partial charge in [0, 0.05) is 11.6 Å². The summed E-state index contributed by atoms with van der Waals surface area (Å²) in [5.74, 6) is -0.436. The van der Waals surface area contributed by atoms with E-state index in [9.17, 15) is 13.2 Å². The van der Waals surface area contributed by atoms with Crippen LogP contribution in [0, 0.1) is 0 Å². The van der Waals surface area contributed by atoms with Crippen molar-refractivity contribution in [1.29, 1.82) is 0 Å². The van der Waals surface area contributed by atoms with Gasteiger partial charge in [-0.25, -0.2) is 13.4 Å². The van der Waals surface area contributed by atoms with Crippen LogP contribution in [0.4, 0.5) is 5.69 Å². The number of sulfone groups is 1. The van der Waals surface area contributed by atoms with Crippen LogP contribution in [0.5, 0.6) is 0 Å². The van der Waals surface area contributed by atoms with E-state index in [4.69, 9.17) is 11.6 Å². The maximum absolute atomic E-state index is 11.8. The molecule has 19 heavy (non-hydrogen) atoms. The third-order valence-corrected chi connectivity index (χ3v) is 4.31. The zero-order valence-corrected chi connectivity index (χ0v) is 12.1. The molecule has 0 saturated carbocycles. The van der Waals surface area contributed by atoms with Crippen molar-refractivity contribution in [2.24, 2.45) is 0 Å². The molecular formula is C11H9ClN2O3S2. The van der Waals surface area contributed by atoms with Crippen molar-refractivity contribution in [3.63, 3.8) is 0 Å². The van der Waals surface area contributed by atoms with E-state index in [-0.39, 0.29) is 21.3 Å². The number of anilines is 1. The quantitative estimate of drug-likeness (QED) is 0.943. The van der Waals surface area contributed by atoms with Gasteiger partial charge in [-0.3, -0.25) is 4.79 Å². The van der Waals surface area contributed by atoms with E-state index >= 15 is 0 Å². The number of benzene rings is 1. The van der Waals surface area contributed by atoms with E-state index in [1.54, 1.807) is 5.38 Å². The Morgan fingerprint density at radius 3 is 2.74 bits per heavy atom. The minimum absolute atomic E-state index is 0.0884. The first-order valence-corrected chi connectivity index (χ1v) is 8.28. The lowest BCUT2D eigenvalue weighted by molar-refractivity contribution is 0.102. The summed E-state index contributed by atoms with van der Waals surface area (Å²) in [6.45, 7) is 0. The number of aromatic nitrogens is 1. The van der Waals surface area contributed by atoms with Crippen molar-refractivity contribution in [2.45, 2.75) is 4.90 Å². The van der Waals surface area contributed by atoms with E-state index < -0.39 is 15.7 Å². The predicted molar refractivity (Wildman–Crippen MR) is 74.6 cm³/mol. The number of nitrogens with zero attached hydrogens (tertiary/aromatic N) is 1. The second kappa shape index (κ2) is 5.28. The Hall–Kier alpha value is -1.44. The fourth-order valence-corrected chi connectivity index (χ4v) is 2.69. The number of carbonyl (C=O) groups is 1. The molecule has 0 saturated heterocycles. The zero-order chi connectivity index (χ0) is 14.0. The van der Waals surface area contributed by atoms with Gasteiger partial charge in [-0.2, -0.15) is 0 Å². The van der Waals surface area contributed by atoms with Gasteiger partial charge in [-0.05, 0) is 18.2 Å². The van der Waals surface area contributed by atoms with Crippen molar-refractivity contribution < 1.29 is 13.2 Å². The minimum atomic E-state index is -3.36. The maximum atomic E-state index is 11.8. The zero-order valence-electron chi connectivity index (χ0n) is 9.75. The molecule has 0 fully saturated rings. The van der Waals surface area contributed by atoms with E-state index in [0.717, 1.165) is 6.26 Å². The smallest absolute Gasteiger partial charge is 0.275 e. The Morgan fingerprint density at radius 2 is 2.16 bits per heavy atom. The number of rotatable bonds is 3. The lowest BCUT2D eigenvalue weighted by atomic mass is 10.3. The largest absolute Gasteiger partial charge is 0.319 e. The van der Waals surface area contributed by atoms with E-state index in [0.29, 0.717) is 0 Å². The molecule has 5 nitrogen and oxygen atoms in total. The summed E-state index contributed by atoms with van der Waals surface area (Å²) < 4.78 is 22.9. The molecule has 0 unspecified atom stereocenters. The van der Waals surface area contributed by atoms with Crippen molar-refractivity contribution in [1.82, 2.24) is 4.98 Å². The molecule has 0 aliphatic carbocycles. The number of thiazole rings is 1. The van der Waals surface area contributed by atoms with E-state index in [1.807, 2.05) is 0 Å². The van der Waals surface area contributed by atoms with Gasteiger partial charge in [0.25, 0.3) is 5.91 Å². The average Bonchev–Trinajstić information content (AvgIpc) is 2.84. The fourth-order valence-electron chi connectivity index (χ4n) is 1.34. The molecule has 1 aromatic heterocycles. The van der Waals surface area contributed by atoms with Gasteiger partial charge in [0.05, 0.1) is 21.1 Å². The first-order valence-electron chi connectivity index (χ1n) is 5.07. The number of hydrogen-bond acceptors (Lipinski definition) is 5. The molecule has 100 valence electrons. The molecule has 1 heterocycles. The molecular weight excluding hydrogens is 308 g/mol. The van der Waals surface area contributed by atoms with Crippen LogP contribution in [0.15, 0.2) is 34.0 Å². The van der Waals surface area contributed by atoms with Crippen LogP contribution in [-0.2, 0) is 9.84 Å². The average molecular weight is 317 g/mol. The normalized spacial score (nSPS) is 11.3. The molecule has 2 aromatic rings. The summed E-state index contributed by atoms with van der Waals surface area (Å²) in [6.07, 6.45) is 1.09. The summed E-state index contributed by atoms with van der Waals surface area (Å²) in [4.78, 5) is 15.8. The standard InChI is InChI=1S/C11H9ClN2O3S2/c1-19(16,17)7-2-3-8(12)9(4-7)14-11(15)10-5-18-6-13-10/h2-6H,1H3,(H,14,15). The molecule has 0 aliphatic rings. The third kappa shape index (κ3) is 3.31. The topological polar surface area (TPSA) is 76.1 Å². The van der Waals surface area contributed by atoms with Crippen molar-refractivity contribution >= 4 is 44.4 Å². The highest BCUT2D eigenvalue weighted by atomic mass is 35.5. The summed E-state index contributed by atoms with van der Waals surface area (Å²) in [5, 5.41) is 4.38. The Labute approximate surface area is 119 Å². The molecule has 8 heteroatoms. The van der Waals surface area contributed by atoms with Crippen LogP contribution in [0.2, 0.25) is 5.02 Å². The summed E-state index contributed by atoms with van der Waals surface area (Å²) >= 11 is 7.21. The maximum Gasteiger partial charge on any atom is 0.275 e. The first kappa shape index (κ1) is 14.0. The number of halogens is 1. The summed E-state index contributed by atoms with van der Waals surface area (Å²) in [7, 11) is -3.36. The summed E-state index contributed by atoms with van der Waals surface area (Å²) in [5.41, 5.74) is 2.03. The van der Waals surface area contributed by atoms with Gasteiger partial charge in [-0.15, -0.1) is 11.3 Å². The second-order valence-electron chi connectivity index (χ2n) is 3.74. The monoisotopic (exact) mass is 316 g/mol. The molecule has 1 aromatic carbocycles. The molecule has 0 spiro atoms. The Bertz CT molecular complexity index is 712. The fraction of sp³-hybridized carbons (Fsp3) is 0.0909. The van der Waals surface area contributed by atoms with Crippen LogP contribution in [0.25, 0.3) is 0 Å². The molecule has 0 bridgehead atoms. The molecule has 0 atom stereocenters. The van der Waals surface area contributed by atoms with Gasteiger partial charge in [-0.1, -0.05) is 11.6 Å². The van der Waals surface area contributed by atoms with Crippen LogP contribution in [-0.4, -0.2) is 25.6 Å². The lowest BCUT2D eigenvalue weighted by Crippen LogP contribution is -2.13. The molecule has 1 N–H and O–H groups in total. The number of nitrogens with one attached hydrogen (secondary N) is 1. The van der Waals surface area contributed by atoms with Crippen LogP contribution >= 0.6 is 22.9 Å². The Kier molecular flexibility index (Phi) is 3.88. The molecule has 0 aliphatic heterocycles. The highest BCUT2D eigenvalue weighted by Gasteiger charge is 2.14. The molecule has 1 amide bonds. The van der Waals surface area contributed by atoms with Gasteiger partial charge in [0.1, 0.15) is 5.69 Å². The van der Waals surface area contributed by atoms with Gasteiger partial charge in [0.15, 0.2) is 9.84 Å². The number of amides is 1. The van der Waals surface area contributed by atoms with Crippen molar-refractivity contribution in [3.8, 4) is 0 Å². The van der Waals surface area contributed by atoms with Gasteiger partial charge >= 0.3 is 0 Å². The Balaban J connectivity index is 2.32. The predicted octanol–water partition coefficient (Wildman–Crippen LogP) is 2.45. The third-order valence-electron chi connectivity index (χ3n) is 2.28. The van der Waals surface area contributed by atoms with Gasteiger partial charge in [0.2, 0.25) is 0 Å². The molecule has 0 radical (unpaired) electrons. The number of carbonyl (C=O) groups excluding carboxylic acids is 1. The summed E-state index contributed by atoms with van der Waals surface area (Å²) in [6, 6.07) is 4.13. The highest BCUT2D eigenvalue weighted by molar-refractivity contribution is 7.90. The SMILES string of the molecule is CS(=O)(=O)c1ccc(Cl)c(NC(=O)c2cscn2)c1. The lowest BCUT2D eigenvalue weighted by Gasteiger charge is -2.07. The van der Waals surface area contributed by atoms with Gasteiger partial charge < -0.3 is 5.32 Å². The van der Waals surface area contributed by atoms with E-state index in [1.165, 1.54) is 35.0 Å². The Morgan fingerprint density at radius 1 is 1.42 bits per heavy atom. The second-order valence-corrected chi connectivity index (χ2v) is 6.88. The van der Waals surface area contributed by atoms with E-state index in [2.05, 4.69) is 10.3 Å². The van der Waals surface area contributed by atoms with Crippen molar-refractivity contribution in [2.75, 3.05) is 11.6 Å². The molecule has 2 rings (SSSR count). The van der Waals surface area contributed by atoms with Crippen LogP contribution in [0.1, 0.15) is 10.5 Å². The van der Waals surface area contributed by atoms with Crippen LogP contribution < -0.4 is 5.32 Å². The highest BCUT2D eigenvalue weighted by Crippen LogP contribution is 2.25. The number of hydrogen-bond donors (Lipinski definition) is 1.